The SMILES string of the molecule is O=C(Cc1ccc2c(c1)CCCC2)Nc1cccc2cnccc12. The van der Waals surface area contributed by atoms with Crippen molar-refractivity contribution in [3.63, 3.8) is 0 Å². The molecule has 2 aromatic carbocycles. The maximum atomic E-state index is 12.5. The highest BCUT2D eigenvalue weighted by Crippen LogP contribution is 2.24. The molecular weight excluding hydrogens is 296 g/mol. The van der Waals surface area contributed by atoms with Crippen molar-refractivity contribution >= 4 is 22.4 Å². The maximum Gasteiger partial charge on any atom is 0.228 e. The van der Waals surface area contributed by atoms with E-state index >= 15 is 0 Å². The van der Waals surface area contributed by atoms with Crippen molar-refractivity contribution in [2.45, 2.75) is 32.1 Å². The fourth-order valence-electron chi connectivity index (χ4n) is 3.51. The number of benzene rings is 2. The molecule has 1 aliphatic rings. The average Bonchev–Trinajstić information content (AvgIpc) is 2.62. The molecule has 0 atom stereocenters. The molecule has 3 nitrogen and oxygen atoms in total. The van der Waals surface area contributed by atoms with Gasteiger partial charge < -0.3 is 5.32 Å². The Bertz CT molecular complexity index is 896. The summed E-state index contributed by atoms with van der Waals surface area (Å²) in [5.41, 5.74) is 4.81. The van der Waals surface area contributed by atoms with E-state index in [1.54, 1.807) is 6.20 Å². The molecule has 0 fully saturated rings. The van der Waals surface area contributed by atoms with E-state index in [9.17, 15) is 4.79 Å². The van der Waals surface area contributed by atoms with Gasteiger partial charge in [-0.2, -0.15) is 0 Å². The standard InChI is InChI=1S/C21H20N2O/c24-21(13-15-8-9-16-4-1-2-5-17(16)12-15)23-20-7-3-6-18-14-22-11-10-19(18)20/h3,6-12,14H,1-2,4-5,13H2,(H,23,24). The van der Waals surface area contributed by atoms with E-state index in [1.807, 2.05) is 30.5 Å². The molecule has 1 aromatic heterocycles. The summed E-state index contributed by atoms with van der Waals surface area (Å²) in [6, 6.07) is 14.3. The van der Waals surface area contributed by atoms with Gasteiger partial charge in [0.05, 0.1) is 6.42 Å². The number of amides is 1. The van der Waals surface area contributed by atoms with E-state index in [0.717, 1.165) is 28.4 Å². The van der Waals surface area contributed by atoms with Crippen LogP contribution in [0.15, 0.2) is 54.9 Å². The van der Waals surface area contributed by atoms with Gasteiger partial charge in [-0.25, -0.2) is 0 Å². The minimum Gasteiger partial charge on any atom is -0.325 e. The predicted molar refractivity (Wildman–Crippen MR) is 97.2 cm³/mol. The van der Waals surface area contributed by atoms with Crippen LogP contribution in [0, 0.1) is 0 Å². The number of nitrogens with zero attached hydrogens (tertiary/aromatic N) is 1. The quantitative estimate of drug-likeness (QED) is 0.783. The summed E-state index contributed by atoms with van der Waals surface area (Å²) in [4.78, 5) is 16.6. The lowest BCUT2D eigenvalue weighted by Gasteiger charge is -2.16. The van der Waals surface area contributed by atoms with Gasteiger partial charge in [0.15, 0.2) is 0 Å². The number of anilines is 1. The Morgan fingerprint density at radius 2 is 1.92 bits per heavy atom. The van der Waals surface area contributed by atoms with Gasteiger partial charge in [-0.05, 0) is 54.5 Å². The smallest absolute Gasteiger partial charge is 0.228 e. The molecule has 0 saturated carbocycles. The lowest BCUT2D eigenvalue weighted by Crippen LogP contribution is -2.15. The largest absolute Gasteiger partial charge is 0.325 e. The fourth-order valence-corrected chi connectivity index (χ4v) is 3.51. The normalized spacial score (nSPS) is 13.5. The Morgan fingerprint density at radius 3 is 2.83 bits per heavy atom. The number of carbonyl (C=O) groups excluding carboxylic acids is 1. The Balaban J connectivity index is 1.52. The molecule has 0 spiro atoms. The summed E-state index contributed by atoms with van der Waals surface area (Å²) >= 11 is 0. The number of nitrogens with one attached hydrogen (secondary N) is 1. The van der Waals surface area contributed by atoms with Gasteiger partial charge >= 0.3 is 0 Å². The van der Waals surface area contributed by atoms with E-state index in [0.29, 0.717) is 6.42 Å². The van der Waals surface area contributed by atoms with Crippen LogP contribution in [0.25, 0.3) is 10.8 Å². The topological polar surface area (TPSA) is 42.0 Å². The van der Waals surface area contributed by atoms with Gasteiger partial charge in [0.2, 0.25) is 5.91 Å². The third kappa shape index (κ3) is 3.02. The molecule has 0 bridgehead atoms. The lowest BCUT2D eigenvalue weighted by molar-refractivity contribution is -0.115. The summed E-state index contributed by atoms with van der Waals surface area (Å²) in [5.74, 6) is 0.0232. The van der Waals surface area contributed by atoms with E-state index < -0.39 is 0 Å². The molecule has 120 valence electrons. The third-order valence-corrected chi connectivity index (χ3v) is 4.73. The highest BCUT2D eigenvalue weighted by atomic mass is 16.1. The summed E-state index contributed by atoms with van der Waals surface area (Å²) in [6.07, 6.45) is 8.83. The average molecular weight is 316 g/mol. The molecule has 1 N–H and O–H groups in total. The molecule has 1 aliphatic carbocycles. The molecule has 0 saturated heterocycles. The van der Waals surface area contributed by atoms with Crippen molar-refractivity contribution in [2.75, 3.05) is 5.32 Å². The number of carbonyl (C=O) groups is 1. The first kappa shape index (κ1) is 14.9. The molecule has 3 aromatic rings. The monoisotopic (exact) mass is 316 g/mol. The van der Waals surface area contributed by atoms with Crippen LogP contribution in [-0.2, 0) is 24.1 Å². The second kappa shape index (κ2) is 6.44. The van der Waals surface area contributed by atoms with Crippen LogP contribution in [0.2, 0.25) is 0 Å². The van der Waals surface area contributed by atoms with Crippen LogP contribution >= 0.6 is 0 Å². The van der Waals surface area contributed by atoms with Crippen molar-refractivity contribution in [3.05, 3.63) is 71.5 Å². The van der Waals surface area contributed by atoms with Crippen LogP contribution in [0.4, 0.5) is 5.69 Å². The first-order chi connectivity index (χ1) is 11.8. The predicted octanol–water partition coefficient (Wildman–Crippen LogP) is 4.29. The molecule has 3 heteroatoms. The van der Waals surface area contributed by atoms with Crippen molar-refractivity contribution in [1.29, 1.82) is 0 Å². The molecule has 4 rings (SSSR count). The Labute approximate surface area is 141 Å². The highest BCUT2D eigenvalue weighted by molar-refractivity contribution is 6.02. The molecule has 0 aliphatic heterocycles. The molecule has 0 radical (unpaired) electrons. The number of hydrogen-bond donors (Lipinski definition) is 1. The van der Waals surface area contributed by atoms with E-state index in [4.69, 9.17) is 0 Å². The van der Waals surface area contributed by atoms with E-state index in [2.05, 4.69) is 28.5 Å². The molecule has 1 amide bonds. The van der Waals surface area contributed by atoms with Crippen molar-refractivity contribution in [1.82, 2.24) is 4.98 Å². The first-order valence-electron chi connectivity index (χ1n) is 8.53. The minimum atomic E-state index is 0.0232. The summed E-state index contributed by atoms with van der Waals surface area (Å²) < 4.78 is 0. The van der Waals surface area contributed by atoms with Crippen molar-refractivity contribution in [2.24, 2.45) is 0 Å². The van der Waals surface area contributed by atoms with Crippen LogP contribution < -0.4 is 5.32 Å². The summed E-state index contributed by atoms with van der Waals surface area (Å²) in [5, 5.41) is 5.10. The summed E-state index contributed by atoms with van der Waals surface area (Å²) in [6.45, 7) is 0. The number of hydrogen-bond acceptors (Lipinski definition) is 2. The van der Waals surface area contributed by atoms with Gasteiger partial charge in [0.25, 0.3) is 0 Å². The third-order valence-electron chi connectivity index (χ3n) is 4.73. The van der Waals surface area contributed by atoms with Crippen LogP contribution in [0.3, 0.4) is 0 Å². The number of aromatic nitrogens is 1. The van der Waals surface area contributed by atoms with Crippen LogP contribution in [-0.4, -0.2) is 10.9 Å². The zero-order valence-corrected chi connectivity index (χ0v) is 13.6. The molecule has 1 heterocycles. The minimum absolute atomic E-state index is 0.0232. The van der Waals surface area contributed by atoms with Crippen molar-refractivity contribution < 1.29 is 4.79 Å². The highest BCUT2D eigenvalue weighted by Gasteiger charge is 2.12. The summed E-state index contributed by atoms with van der Waals surface area (Å²) in [7, 11) is 0. The fraction of sp³-hybridized carbons (Fsp3) is 0.238. The molecule has 0 unspecified atom stereocenters. The number of pyridine rings is 1. The van der Waals surface area contributed by atoms with Gasteiger partial charge in [0, 0.05) is 28.9 Å². The Morgan fingerprint density at radius 1 is 1.04 bits per heavy atom. The van der Waals surface area contributed by atoms with Crippen LogP contribution in [0.1, 0.15) is 29.5 Å². The molecular formula is C21H20N2O. The van der Waals surface area contributed by atoms with Crippen molar-refractivity contribution in [3.8, 4) is 0 Å². The van der Waals surface area contributed by atoms with Gasteiger partial charge in [-0.3, -0.25) is 9.78 Å². The maximum absolute atomic E-state index is 12.5. The Kier molecular flexibility index (Phi) is 3.99. The van der Waals surface area contributed by atoms with Gasteiger partial charge in [0.1, 0.15) is 0 Å². The molecule has 24 heavy (non-hydrogen) atoms. The van der Waals surface area contributed by atoms with E-state index in [1.165, 1.54) is 30.4 Å². The number of aryl methyl sites for hydroxylation is 2. The van der Waals surface area contributed by atoms with Gasteiger partial charge in [-0.15, -0.1) is 0 Å². The van der Waals surface area contributed by atoms with E-state index in [-0.39, 0.29) is 5.91 Å². The zero-order chi connectivity index (χ0) is 16.4. The Hall–Kier alpha value is -2.68. The first-order valence-corrected chi connectivity index (χ1v) is 8.53. The lowest BCUT2D eigenvalue weighted by atomic mass is 9.90. The number of fused-ring (bicyclic) bond motifs is 2. The number of rotatable bonds is 3. The van der Waals surface area contributed by atoms with Gasteiger partial charge in [-0.1, -0.05) is 30.3 Å². The second-order valence-electron chi connectivity index (χ2n) is 6.44. The van der Waals surface area contributed by atoms with Crippen LogP contribution in [0.5, 0.6) is 0 Å². The second-order valence-corrected chi connectivity index (χ2v) is 6.44. The zero-order valence-electron chi connectivity index (χ0n) is 13.6.